The standard InChI is InChI=1S/C20H40O5/c1-6-7-15(21)17-18(23)14(10-8-12(2)3)20(25,19(17)24)16(22)11-9-13(4)5/h12-19,21-25H,6-11H2,1-5H3. The Morgan fingerprint density at radius 2 is 1.44 bits per heavy atom. The molecule has 0 aliphatic heterocycles. The molecule has 1 rings (SSSR count). The van der Waals surface area contributed by atoms with Crippen molar-refractivity contribution >= 4 is 0 Å². The minimum Gasteiger partial charge on any atom is -0.393 e. The summed E-state index contributed by atoms with van der Waals surface area (Å²) in [5, 5.41) is 54.0. The Morgan fingerprint density at radius 3 is 1.92 bits per heavy atom. The van der Waals surface area contributed by atoms with Gasteiger partial charge in [0.1, 0.15) is 5.60 Å². The predicted molar refractivity (Wildman–Crippen MR) is 99.0 cm³/mol. The van der Waals surface area contributed by atoms with E-state index >= 15 is 0 Å². The molecule has 5 nitrogen and oxygen atoms in total. The van der Waals surface area contributed by atoms with Crippen LogP contribution in [-0.4, -0.2) is 55.5 Å². The van der Waals surface area contributed by atoms with Gasteiger partial charge in [-0.15, -0.1) is 0 Å². The van der Waals surface area contributed by atoms with Gasteiger partial charge in [0.25, 0.3) is 0 Å². The normalized spacial score (nSPS) is 35.5. The van der Waals surface area contributed by atoms with Gasteiger partial charge in [0.2, 0.25) is 0 Å². The molecule has 0 spiro atoms. The van der Waals surface area contributed by atoms with Crippen LogP contribution in [0.5, 0.6) is 0 Å². The van der Waals surface area contributed by atoms with Gasteiger partial charge >= 0.3 is 0 Å². The van der Waals surface area contributed by atoms with E-state index in [9.17, 15) is 25.5 Å². The third-order valence-electron chi connectivity index (χ3n) is 5.87. The number of rotatable bonds is 10. The van der Waals surface area contributed by atoms with Crippen molar-refractivity contribution in [2.75, 3.05) is 0 Å². The second-order valence-corrected chi connectivity index (χ2v) is 8.82. The maximum absolute atomic E-state index is 11.3. The van der Waals surface area contributed by atoms with Crippen LogP contribution in [0.15, 0.2) is 0 Å². The van der Waals surface area contributed by atoms with Crippen LogP contribution in [0.2, 0.25) is 0 Å². The topological polar surface area (TPSA) is 101 Å². The maximum atomic E-state index is 11.3. The molecule has 150 valence electrons. The zero-order chi connectivity index (χ0) is 19.4. The quantitative estimate of drug-likeness (QED) is 0.411. The summed E-state index contributed by atoms with van der Waals surface area (Å²) in [6.45, 7) is 10.1. The average Bonchev–Trinajstić information content (AvgIpc) is 2.70. The molecule has 1 aliphatic rings. The van der Waals surface area contributed by atoms with Gasteiger partial charge in [-0.3, -0.25) is 0 Å². The third kappa shape index (κ3) is 5.16. The molecule has 25 heavy (non-hydrogen) atoms. The molecule has 1 fully saturated rings. The van der Waals surface area contributed by atoms with Crippen molar-refractivity contribution in [2.24, 2.45) is 23.7 Å². The highest BCUT2D eigenvalue weighted by Crippen LogP contribution is 2.47. The minimum atomic E-state index is -1.78. The molecule has 0 bridgehead atoms. The molecule has 0 aromatic carbocycles. The highest BCUT2D eigenvalue weighted by atomic mass is 16.4. The summed E-state index contributed by atoms with van der Waals surface area (Å²) in [5.74, 6) is -0.697. The van der Waals surface area contributed by atoms with Crippen LogP contribution in [0.25, 0.3) is 0 Å². The zero-order valence-electron chi connectivity index (χ0n) is 16.6. The molecule has 5 N–H and O–H groups in total. The van der Waals surface area contributed by atoms with Crippen molar-refractivity contribution < 1.29 is 25.5 Å². The molecule has 1 aliphatic carbocycles. The van der Waals surface area contributed by atoms with Crippen molar-refractivity contribution in [2.45, 2.75) is 103 Å². The van der Waals surface area contributed by atoms with E-state index in [1.54, 1.807) is 0 Å². The SMILES string of the molecule is CCCC(O)C1C(O)C(CCC(C)C)C(O)(C(O)CCC(C)C)C1O. The lowest BCUT2D eigenvalue weighted by atomic mass is 9.77. The van der Waals surface area contributed by atoms with Crippen LogP contribution in [0.1, 0.15) is 73.1 Å². The van der Waals surface area contributed by atoms with Gasteiger partial charge in [0, 0.05) is 11.8 Å². The van der Waals surface area contributed by atoms with Crippen LogP contribution in [0.4, 0.5) is 0 Å². The summed E-state index contributed by atoms with van der Waals surface area (Å²) in [5.41, 5.74) is -1.78. The first kappa shape index (κ1) is 22.8. The van der Waals surface area contributed by atoms with Gasteiger partial charge < -0.3 is 25.5 Å². The van der Waals surface area contributed by atoms with E-state index in [4.69, 9.17) is 0 Å². The first-order valence-corrected chi connectivity index (χ1v) is 10.0. The van der Waals surface area contributed by atoms with E-state index in [-0.39, 0.29) is 0 Å². The Bertz CT molecular complexity index is 386. The van der Waals surface area contributed by atoms with Crippen molar-refractivity contribution in [3.63, 3.8) is 0 Å². The Labute approximate surface area is 153 Å². The lowest BCUT2D eigenvalue weighted by Crippen LogP contribution is -2.55. The molecule has 0 aromatic heterocycles. The largest absolute Gasteiger partial charge is 0.393 e. The molecule has 0 saturated heterocycles. The molecular weight excluding hydrogens is 320 g/mol. The second kappa shape index (κ2) is 9.65. The number of aliphatic hydroxyl groups is 5. The minimum absolute atomic E-state index is 0.368. The van der Waals surface area contributed by atoms with E-state index in [1.807, 2.05) is 20.8 Å². The number of hydrogen-bond acceptors (Lipinski definition) is 5. The van der Waals surface area contributed by atoms with Crippen molar-refractivity contribution in [1.82, 2.24) is 0 Å². The van der Waals surface area contributed by atoms with Crippen molar-refractivity contribution in [3.05, 3.63) is 0 Å². The summed E-state index contributed by atoms with van der Waals surface area (Å²) < 4.78 is 0. The molecule has 0 heterocycles. The van der Waals surface area contributed by atoms with Gasteiger partial charge in [-0.05, 0) is 37.5 Å². The van der Waals surface area contributed by atoms with Gasteiger partial charge in [-0.25, -0.2) is 0 Å². The summed E-state index contributed by atoms with van der Waals surface area (Å²) in [6, 6.07) is 0. The fourth-order valence-electron chi connectivity index (χ4n) is 4.26. The van der Waals surface area contributed by atoms with E-state index < -0.39 is 41.9 Å². The molecule has 5 heteroatoms. The van der Waals surface area contributed by atoms with Gasteiger partial charge in [-0.1, -0.05) is 47.5 Å². The third-order valence-corrected chi connectivity index (χ3v) is 5.87. The van der Waals surface area contributed by atoms with Gasteiger partial charge in [0.15, 0.2) is 0 Å². The molecule has 1 saturated carbocycles. The Balaban J connectivity index is 3.08. The molecular formula is C20H40O5. The van der Waals surface area contributed by atoms with Crippen molar-refractivity contribution in [3.8, 4) is 0 Å². The summed E-state index contributed by atoms with van der Waals surface area (Å²) in [4.78, 5) is 0. The van der Waals surface area contributed by atoms with Crippen LogP contribution < -0.4 is 0 Å². The fourth-order valence-corrected chi connectivity index (χ4v) is 4.26. The first-order valence-electron chi connectivity index (χ1n) is 10.0. The van der Waals surface area contributed by atoms with E-state index in [0.717, 1.165) is 19.3 Å². The van der Waals surface area contributed by atoms with Crippen LogP contribution in [0, 0.1) is 23.7 Å². The monoisotopic (exact) mass is 360 g/mol. The zero-order valence-corrected chi connectivity index (χ0v) is 16.6. The Morgan fingerprint density at radius 1 is 0.880 bits per heavy atom. The maximum Gasteiger partial charge on any atom is 0.122 e. The lowest BCUT2D eigenvalue weighted by molar-refractivity contribution is -0.170. The van der Waals surface area contributed by atoms with E-state index in [2.05, 4.69) is 13.8 Å². The van der Waals surface area contributed by atoms with E-state index in [1.165, 1.54) is 0 Å². The Hall–Kier alpha value is -0.200. The Kier molecular flexibility index (Phi) is 8.82. The van der Waals surface area contributed by atoms with Crippen molar-refractivity contribution in [1.29, 1.82) is 0 Å². The molecule has 7 unspecified atom stereocenters. The molecule has 0 aromatic rings. The summed E-state index contributed by atoms with van der Waals surface area (Å²) in [7, 11) is 0. The highest BCUT2D eigenvalue weighted by Gasteiger charge is 2.63. The van der Waals surface area contributed by atoms with Crippen LogP contribution in [-0.2, 0) is 0 Å². The predicted octanol–water partition coefficient (Wildman–Crippen LogP) is 2.08. The number of hydrogen-bond donors (Lipinski definition) is 5. The smallest absolute Gasteiger partial charge is 0.122 e. The average molecular weight is 361 g/mol. The lowest BCUT2D eigenvalue weighted by Gasteiger charge is -2.38. The second-order valence-electron chi connectivity index (χ2n) is 8.82. The molecule has 0 amide bonds. The first-order chi connectivity index (χ1) is 11.6. The fraction of sp³-hybridized carbons (Fsp3) is 1.00. The molecule has 7 atom stereocenters. The van der Waals surface area contributed by atoms with Crippen LogP contribution >= 0.6 is 0 Å². The van der Waals surface area contributed by atoms with Gasteiger partial charge in [-0.2, -0.15) is 0 Å². The number of aliphatic hydroxyl groups excluding tert-OH is 4. The van der Waals surface area contributed by atoms with Crippen LogP contribution in [0.3, 0.4) is 0 Å². The van der Waals surface area contributed by atoms with E-state index in [0.29, 0.717) is 31.1 Å². The van der Waals surface area contributed by atoms with Gasteiger partial charge in [0.05, 0.1) is 24.4 Å². The summed E-state index contributed by atoms with van der Waals surface area (Å²) in [6.07, 6.45) is -0.783. The summed E-state index contributed by atoms with van der Waals surface area (Å²) >= 11 is 0. The molecule has 0 radical (unpaired) electrons. The highest BCUT2D eigenvalue weighted by molar-refractivity contribution is 5.12.